The Bertz CT molecular complexity index is 711. The molecule has 1 saturated heterocycles. The number of carbonyl (C=O) groups excluding carboxylic acids is 1. The van der Waals surface area contributed by atoms with Crippen LogP contribution in [0.5, 0.6) is 5.75 Å². The largest absolute Gasteiger partial charge is 0.494 e. The number of carbonyl (C=O) groups is 1. The maximum Gasteiger partial charge on any atom is 0.223 e. The van der Waals surface area contributed by atoms with Crippen molar-refractivity contribution in [1.82, 2.24) is 14.5 Å². The lowest BCUT2D eigenvalue weighted by Crippen LogP contribution is -2.44. The number of piperidine rings is 1. The third-order valence-corrected chi connectivity index (χ3v) is 6.27. The van der Waals surface area contributed by atoms with E-state index in [0.717, 1.165) is 11.3 Å². The van der Waals surface area contributed by atoms with E-state index < -0.39 is 10.0 Å². The second-order valence-electron chi connectivity index (χ2n) is 7.16. The van der Waals surface area contributed by atoms with E-state index in [-0.39, 0.29) is 17.9 Å². The standard InChI is InChI=1S/C19H31N3O4S/c1-5-26-17-8-6-15(7-9-17)18(21(2)3)14-20-19(23)16-10-12-22(13-11-16)27(4,24)25/h6-9,16,18H,5,10-14H2,1-4H3,(H,20,23). The summed E-state index contributed by atoms with van der Waals surface area (Å²) in [6.45, 7) is 3.91. The van der Waals surface area contributed by atoms with E-state index >= 15 is 0 Å². The highest BCUT2D eigenvalue weighted by Gasteiger charge is 2.29. The molecule has 0 saturated carbocycles. The van der Waals surface area contributed by atoms with E-state index in [1.54, 1.807) is 0 Å². The van der Waals surface area contributed by atoms with Crippen LogP contribution in [0.25, 0.3) is 0 Å². The Morgan fingerprint density at radius 3 is 2.33 bits per heavy atom. The summed E-state index contributed by atoms with van der Waals surface area (Å²) in [6.07, 6.45) is 2.34. The molecule has 1 fully saturated rings. The fraction of sp³-hybridized carbons (Fsp3) is 0.632. The molecule has 8 heteroatoms. The predicted octanol–water partition coefficient (Wildman–Crippen LogP) is 1.48. The molecule has 0 bridgehead atoms. The molecule has 1 aromatic carbocycles. The van der Waals surface area contributed by atoms with E-state index in [0.29, 0.717) is 39.1 Å². The van der Waals surface area contributed by atoms with Gasteiger partial charge in [0.05, 0.1) is 18.9 Å². The van der Waals surface area contributed by atoms with Gasteiger partial charge in [-0.05, 0) is 51.6 Å². The van der Waals surface area contributed by atoms with Gasteiger partial charge in [-0.3, -0.25) is 4.79 Å². The molecule has 1 aliphatic heterocycles. The number of sulfonamides is 1. The molecular formula is C19H31N3O4S. The number of amides is 1. The second kappa shape index (κ2) is 9.52. The monoisotopic (exact) mass is 397 g/mol. The minimum Gasteiger partial charge on any atom is -0.494 e. The molecule has 0 spiro atoms. The summed E-state index contributed by atoms with van der Waals surface area (Å²) in [5, 5.41) is 3.05. The number of rotatable bonds is 8. The molecule has 1 aliphatic rings. The number of benzene rings is 1. The van der Waals surface area contributed by atoms with Crippen molar-refractivity contribution < 1.29 is 17.9 Å². The smallest absolute Gasteiger partial charge is 0.223 e. The summed E-state index contributed by atoms with van der Waals surface area (Å²) in [5.74, 6) is 0.701. The maximum absolute atomic E-state index is 12.5. The molecule has 1 atom stereocenters. The Labute approximate surface area is 162 Å². The summed E-state index contributed by atoms with van der Waals surface area (Å²) in [7, 11) is 0.797. The summed E-state index contributed by atoms with van der Waals surface area (Å²) in [4.78, 5) is 14.6. The molecule has 0 aromatic heterocycles. The number of hydrogen-bond acceptors (Lipinski definition) is 5. The molecule has 1 amide bonds. The number of nitrogens with one attached hydrogen (secondary N) is 1. The Hall–Kier alpha value is -1.64. The maximum atomic E-state index is 12.5. The van der Waals surface area contributed by atoms with Crippen LogP contribution in [0.2, 0.25) is 0 Å². The van der Waals surface area contributed by atoms with Crippen LogP contribution in [0.1, 0.15) is 31.4 Å². The number of nitrogens with zero attached hydrogens (tertiary/aromatic N) is 2. The lowest BCUT2D eigenvalue weighted by molar-refractivity contribution is -0.126. The van der Waals surface area contributed by atoms with Gasteiger partial charge in [0.2, 0.25) is 15.9 Å². The third-order valence-electron chi connectivity index (χ3n) is 4.96. The Morgan fingerprint density at radius 2 is 1.85 bits per heavy atom. The average Bonchev–Trinajstić information content (AvgIpc) is 2.62. The number of ether oxygens (including phenoxy) is 1. The molecule has 0 aliphatic carbocycles. The normalized spacial score (nSPS) is 17.7. The zero-order chi connectivity index (χ0) is 20.0. The summed E-state index contributed by atoms with van der Waals surface area (Å²) >= 11 is 0. The molecule has 1 N–H and O–H groups in total. The van der Waals surface area contributed by atoms with Gasteiger partial charge in [-0.1, -0.05) is 12.1 Å². The van der Waals surface area contributed by atoms with Crippen molar-refractivity contribution in [1.29, 1.82) is 0 Å². The quantitative estimate of drug-likeness (QED) is 0.719. The molecule has 1 heterocycles. The molecule has 0 radical (unpaired) electrons. The van der Waals surface area contributed by atoms with E-state index in [9.17, 15) is 13.2 Å². The highest BCUT2D eigenvalue weighted by molar-refractivity contribution is 7.88. The molecule has 1 aromatic rings. The van der Waals surface area contributed by atoms with Crippen LogP contribution in [-0.2, 0) is 14.8 Å². The van der Waals surface area contributed by atoms with Crippen molar-refractivity contribution in [2.45, 2.75) is 25.8 Å². The van der Waals surface area contributed by atoms with Gasteiger partial charge in [0.25, 0.3) is 0 Å². The molecule has 27 heavy (non-hydrogen) atoms. The van der Waals surface area contributed by atoms with Crippen LogP contribution in [-0.4, -0.2) is 70.1 Å². The molecule has 1 unspecified atom stereocenters. The van der Waals surface area contributed by atoms with Gasteiger partial charge in [-0.2, -0.15) is 0 Å². The first-order valence-electron chi connectivity index (χ1n) is 9.34. The summed E-state index contributed by atoms with van der Waals surface area (Å²) < 4.78 is 30.1. The first-order chi connectivity index (χ1) is 12.7. The first-order valence-corrected chi connectivity index (χ1v) is 11.2. The van der Waals surface area contributed by atoms with Crippen molar-refractivity contribution in [3.63, 3.8) is 0 Å². The lowest BCUT2D eigenvalue weighted by atomic mass is 9.97. The van der Waals surface area contributed by atoms with Crippen molar-refractivity contribution in [2.75, 3.05) is 46.6 Å². The van der Waals surface area contributed by atoms with E-state index in [4.69, 9.17) is 4.74 Å². The fourth-order valence-electron chi connectivity index (χ4n) is 3.34. The van der Waals surface area contributed by atoms with Crippen molar-refractivity contribution in [3.8, 4) is 5.75 Å². The van der Waals surface area contributed by atoms with Gasteiger partial charge in [0.1, 0.15) is 5.75 Å². The zero-order valence-corrected chi connectivity index (χ0v) is 17.5. The predicted molar refractivity (Wildman–Crippen MR) is 106 cm³/mol. The molecule has 7 nitrogen and oxygen atoms in total. The van der Waals surface area contributed by atoms with Gasteiger partial charge < -0.3 is 15.0 Å². The fourth-order valence-corrected chi connectivity index (χ4v) is 4.22. The average molecular weight is 398 g/mol. The summed E-state index contributed by atoms with van der Waals surface area (Å²) in [5.41, 5.74) is 1.11. The SMILES string of the molecule is CCOc1ccc(C(CNC(=O)C2CCN(S(C)(=O)=O)CC2)N(C)C)cc1. The third kappa shape index (κ3) is 6.19. The van der Waals surface area contributed by atoms with Crippen LogP contribution >= 0.6 is 0 Å². The van der Waals surface area contributed by atoms with E-state index in [2.05, 4.69) is 10.2 Å². The van der Waals surface area contributed by atoms with Crippen LogP contribution < -0.4 is 10.1 Å². The minimum absolute atomic E-state index is 0.000868. The van der Waals surface area contributed by atoms with E-state index in [1.807, 2.05) is 45.3 Å². The number of likely N-dealkylation sites (N-methyl/N-ethyl adjacent to an activating group) is 1. The van der Waals surface area contributed by atoms with Crippen LogP contribution in [0.3, 0.4) is 0 Å². The van der Waals surface area contributed by atoms with E-state index in [1.165, 1.54) is 10.6 Å². The first kappa shape index (κ1) is 21.7. The van der Waals surface area contributed by atoms with Gasteiger partial charge >= 0.3 is 0 Å². The topological polar surface area (TPSA) is 79.0 Å². The van der Waals surface area contributed by atoms with Gasteiger partial charge in [-0.15, -0.1) is 0 Å². The lowest BCUT2D eigenvalue weighted by Gasteiger charge is -2.30. The van der Waals surface area contributed by atoms with Gasteiger partial charge in [0, 0.05) is 25.6 Å². The Morgan fingerprint density at radius 1 is 1.26 bits per heavy atom. The van der Waals surface area contributed by atoms with Gasteiger partial charge in [0.15, 0.2) is 0 Å². The molecule has 2 rings (SSSR count). The van der Waals surface area contributed by atoms with Crippen LogP contribution in [0, 0.1) is 5.92 Å². The number of hydrogen-bond donors (Lipinski definition) is 1. The van der Waals surface area contributed by atoms with Crippen LogP contribution in [0.4, 0.5) is 0 Å². The van der Waals surface area contributed by atoms with Crippen molar-refractivity contribution >= 4 is 15.9 Å². The summed E-state index contributed by atoms with van der Waals surface area (Å²) in [6, 6.07) is 7.98. The second-order valence-corrected chi connectivity index (χ2v) is 9.15. The molecule has 152 valence electrons. The van der Waals surface area contributed by atoms with Gasteiger partial charge in [-0.25, -0.2) is 12.7 Å². The Kier molecular flexibility index (Phi) is 7.64. The van der Waals surface area contributed by atoms with Crippen LogP contribution in [0.15, 0.2) is 24.3 Å². The minimum atomic E-state index is -3.17. The Balaban J connectivity index is 1.91. The molecular weight excluding hydrogens is 366 g/mol. The van der Waals surface area contributed by atoms with Crippen molar-refractivity contribution in [2.24, 2.45) is 5.92 Å². The zero-order valence-electron chi connectivity index (χ0n) is 16.6. The van der Waals surface area contributed by atoms with Crippen molar-refractivity contribution in [3.05, 3.63) is 29.8 Å². The highest BCUT2D eigenvalue weighted by atomic mass is 32.2. The highest BCUT2D eigenvalue weighted by Crippen LogP contribution is 2.22.